The second-order valence-electron chi connectivity index (χ2n) is 4.63. The molecule has 0 aliphatic carbocycles. The third kappa shape index (κ3) is 3.97. The van der Waals surface area contributed by atoms with Gasteiger partial charge in [0.2, 0.25) is 0 Å². The molecule has 0 saturated carbocycles. The summed E-state index contributed by atoms with van der Waals surface area (Å²) in [4.78, 5) is 0. The number of nitrogens with one attached hydrogen (secondary N) is 1. The van der Waals surface area contributed by atoms with Crippen LogP contribution in [0.1, 0.15) is 29.7 Å². The molecule has 0 heterocycles. The summed E-state index contributed by atoms with van der Waals surface area (Å²) in [5.74, 6) is 0. The molecule has 0 aliphatic heterocycles. The molecule has 21 heavy (non-hydrogen) atoms. The fraction of sp³-hybridized carbons (Fsp3) is 0.250. The van der Waals surface area contributed by atoms with Crippen molar-refractivity contribution in [3.05, 3.63) is 68.8 Å². The number of alkyl halides is 3. The molecule has 112 valence electrons. The minimum atomic E-state index is -4.30. The third-order valence-corrected chi connectivity index (χ3v) is 4.18. The van der Waals surface area contributed by atoms with E-state index in [9.17, 15) is 13.2 Å². The maximum atomic E-state index is 12.6. The summed E-state index contributed by atoms with van der Waals surface area (Å²) in [6.45, 7) is 2.71. The number of halogens is 4. The Morgan fingerprint density at radius 2 is 1.67 bits per heavy atom. The minimum absolute atomic E-state index is 0.106. The van der Waals surface area contributed by atoms with Gasteiger partial charge in [0.15, 0.2) is 0 Å². The molecule has 1 N–H and O–H groups in total. The van der Waals surface area contributed by atoms with Gasteiger partial charge in [-0.25, -0.2) is 0 Å². The standard InChI is InChI=1S/C16H15F3IN/c1-2-21-15(13-5-3-4-6-14(13)20)11-7-9-12(10-8-11)16(17,18)19/h3-10,15,21H,2H2,1H3. The summed E-state index contributed by atoms with van der Waals surface area (Å²) in [7, 11) is 0. The van der Waals surface area contributed by atoms with Gasteiger partial charge < -0.3 is 5.32 Å². The van der Waals surface area contributed by atoms with E-state index in [4.69, 9.17) is 0 Å². The van der Waals surface area contributed by atoms with Crippen molar-refractivity contribution in [1.29, 1.82) is 0 Å². The van der Waals surface area contributed by atoms with Crippen molar-refractivity contribution >= 4 is 22.6 Å². The van der Waals surface area contributed by atoms with Gasteiger partial charge in [-0.15, -0.1) is 0 Å². The highest BCUT2D eigenvalue weighted by molar-refractivity contribution is 14.1. The topological polar surface area (TPSA) is 12.0 Å². The van der Waals surface area contributed by atoms with Gasteiger partial charge in [-0.2, -0.15) is 13.2 Å². The van der Waals surface area contributed by atoms with Gasteiger partial charge >= 0.3 is 6.18 Å². The van der Waals surface area contributed by atoms with Crippen molar-refractivity contribution in [1.82, 2.24) is 5.32 Å². The normalized spacial score (nSPS) is 13.2. The molecule has 0 saturated heterocycles. The van der Waals surface area contributed by atoms with E-state index in [0.29, 0.717) is 0 Å². The summed E-state index contributed by atoms with van der Waals surface area (Å²) in [5, 5.41) is 3.33. The lowest BCUT2D eigenvalue weighted by Gasteiger charge is -2.21. The Kier molecular flexibility index (Phi) is 5.27. The van der Waals surface area contributed by atoms with E-state index in [1.165, 1.54) is 0 Å². The maximum absolute atomic E-state index is 12.6. The first-order valence-electron chi connectivity index (χ1n) is 6.58. The third-order valence-electron chi connectivity index (χ3n) is 3.20. The largest absolute Gasteiger partial charge is 0.416 e. The van der Waals surface area contributed by atoms with Crippen molar-refractivity contribution < 1.29 is 13.2 Å². The van der Waals surface area contributed by atoms with Gasteiger partial charge in [0.05, 0.1) is 11.6 Å². The first-order chi connectivity index (χ1) is 9.93. The molecule has 0 aliphatic rings. The second-order valence-corrected chi connectivity index (χ2v) is 5.79. The molecule has 0 spiro atoms. The van der Waals surface area contributed by atoms with Crippen LogP contribution in [-0.4, -0.2) is 6.54 Å². The molecule has 0 bridgehead atoms. The summed E-state index contributed by atoms with van der Waals surface area (Å²) in [6, 6.07) is 13.1. The van der Waals surface area contributed by atoms with Crippen LogP contribution in [0.2, 0.25) is 0 Å². The predicted octanol–water partition coefficient (Wildman–Crippen LogP) is 5.01. The number of hydrogen-bond donors (Lipinski definition) is 1. The van der Waals surface area contributed by atoms with Crippen LogP contribution in [0.5, 0.6) is 0 Å². The quantitative estimate of drug-likeness (QED) is 0.706. The molecule has 2 aromatic rings. The van der Waals surface area contributed by atoms with Gasteiger partial charge in [-0.3, -0.25) is 0 Å². The zero-order valence-corrected chi connectivity index (χ0v) is 13.6. The fourth-order valence-electron chi connectivity index (χ4n) is 2.19. The van der Waals surface area contributed by atoms with Gasteiger partial charge in [-0.1, -0.05) is 37.3 Å². The summed E-state index contributed by atoms with van der Waals surface area (Å²) in [6.07, 6.45) is -4.30. The summed E-state index contributed by atoms with van der Waals surface area (Å²) in [5.41, 5.74) is 1.28. The van der Waals surface area contributed by atoms with Crippen LogP contribution in [0.15, 0.2) is 48.5 Å². The van der Waals surface area contributed by atoms with Crippen LogP contribution in [0.3, 0.4) is 0 Å². The molecule has 0 radical (unpaired) electrons. The molecule has 2 aromatic carbocycles. The second kappa shape index (κ2) is 6.79. The first kappa shape index (κ1) is 16.3. The van der Waals surface area contributed by atoms with Gasteiger partial charge in [0.25, 0.3) is 0 Å². The number of rotatable bonds is 4. The van der Waals surface area contributed by atoms with Crippen LogP contribution < -0.4 is 5.32 Å². The van der Waals surface area contributed by atoms with E-state index in [-0.39, 0.29) is 6.04 Å². The monoisotopic (exact) mass is 405 g/mol. The van der Waals surface area contributed by atoms with Crippen LogP contribution in [0.4, 0.5) is 13.2 Å². The highest BCUT2D eigenvalue weighted by atomic mass is 127. The molecular weight excluding hydrogens is 390 g/mol. The summed E-state index contributed by atoms with van der Waals surface area (Å²) >= 11 is 2.24. The Balaban J connectivity index is 2.37. The molecule has 1 atom stereocenters. The Morgan fingerprint density at radius 3 is 2.19 bits per heavy atom. The minimum Gasteiger partial charge on any atom is -0.306 e. The Bertz CT molecular complexity index is 593. The lowest BCUT2D eigenvalue weighted by Crippen LogP contribution is -2.23. The zero-order valence-electron chi connectivity index (χ0n) is 11.4. The number of hydrogen-bond acceptors (Lipinski definition) is 1. The molecule has 1 nitrogen and oxygen atoms in total. The SMILES string of the molecule is CCNC(c1ccc(C(F)(F)F)cc1)c1ccccc1I. The van der Waals surface area contributed by atoms with Crippen molar-refractivity contribution in [3.8, 4) is 0 Å². The molecule has 5 heteroatoms. The predicted molar refractivity (Wildman–Crippen MR) is 86.1 cm³/mol. The molecule has 1 unspecified atom stereocenters. The molecule has 0 amide bonds. The van der Waals surface area contributed by atoms with Crippen LogP contribution in [-0.2, 0) is 6.18 Å². The maximum Gasteiger partial charge on any atom is 0.416 e. The molecular formula is C16H15F3IN. The fourth-order valence-corrected chi connectivity index (χ4v) is 2.88. The van der Waals surface area contributed by atoms with Gasteiger partial charge in [0.1, 0.15) is 0 Å². The smallest absolute Gasteiger partial charge is 0.306 e. The van der Waals surface area contributed by atoms with E-state index in [1.807, 2.05) is 31.2 Å². The molecule has 0 fully saturated rings. The average Bonchev–Trinajstić information content (AvgIpc) is 2.45. The lowest BCUT2D eigenvalue weighted by molar-refractivity contribution is -0.137. The number of benzene rings is 2. The van der Waals surface area contributed by atoms with E-state index in [2.05, 4.69) is 27.9 Å². The Hall–Kier alpha value is -1.08. The first-order valence-corrected chi connectivity index (χ1v) is 7.66. The van der Waals surface area contributed by atoms with Crippen molar-refractivity contribution in [3.63, 3.8) is 0 Å². The highest BCUT2D eigenvalue weighted by Gasteiger charge is 2.30. The van der Waals surface area contributed by atoms with Crippen LogP contribution in [0.25, 0.3) is 0 Å². The van der Waals surface area contributed by atoms with E-state index >= 15 is 0 Å². The van der Waals surface area contributed by atoms with Crippen molar-refractivity contribution in [2.45, 2.75) is 19.1 Å². The summed E-state index contributed by atoms with van der Waals surface area (Å²) < 4.78 is 39.0. The highest BCUT2D eigenvalue weighted by Crippen LogP contribution is 2.31. The van der Waals surface area contributed by atoms with E-state index in [1.54, 1.807) is 12.1 Å². The van der Waals surface area contributed by atoms with E-state index in [0.717, 1.165) is 33.4 Å². The van der Waals surface area contributed by atoms with Crippen LogP contribution >= 0.6 is 22.6 Å². The average molecular weight is 405 g/mol. The zero-order chi connectivity index (χ0) is 15.5. The van der Waals surface area contributed by atoms with Gasteiger partial charge in [-0.05, 0) is 58.5 Å². The lowest BCUT2D eigenvalue weighted by atomic mass is 9.97. The van der Waals surface area contributed by atoms with Gasteiger partial charge in [0, 0.05) is 3.57 Å². The van der Waals surface area contributed by atoms with Crippen molar-refractivity contribution in [2.24, 2.45) is 0 Å². The van der Waals surface area contributed by atoms with Crippen molar-refractivity contribution in [2.75, 3.05) is 6.54 Å². The van der Waals surface area contributed by atoms with Crippen LogP contribution in [0, 0.1) is 3.57 Å². The molecule has 0 aromatic heterocycles. The molecule has 2 rings (SSSR count). The Morgan fingerprint density at radius 1 is 1.05 bits per heavy atom. The van der Waals surface area contributed by atoms with E-state index < -0.39 is 11.7 Å². The Labute approximate surface area is 135 Å².